The summed E-state index contributed by atoms with van der Waals surface area (Å²) in [5.41, 5.74) is 0.353. The molecule has 2 nitrogen and oxygen atoms in total. The Morgan fingerprint density at radius 1 is 1.33 bits per heavy atom. The standard InChI is InChI=1S/C12H15ClO2/c1-12(2,3)15-11(14)8-9-6-4-5-7-10(9)13/h4-7H,8H2,1-3H3. The van der Waals surface area contributed by atoms with Gasteiger partial charge in [-0.1, -0.05) is 29.8 Å². The zero-order valence-corrected chi connectivity index (χ0v) is 9.97. The van der Waals surface area contributed by atoms with E-state index in [0.29, 0.717) is 5.02 Å². The van der Waals surface area contributed by atoms with Crippen molar-refractivity contribution in [3.05, 3.63) is 34.9 Å². The number of hydrogen-bond donors (Lipinski definition) is 0. The molecule has 1 aromatic carbocycles. The minimum atomic E-state index is -0.446. The molecular weight excluding hydrogens is 212 g/mol. The first-order valence-electron chi connectivity index (χ1n) is 4.84. The molecule has 0 saturated carbocycles. The van der Waals surface area contributed by atoms with Crippen molar-refractivity contribution in [2.75, 3.05) is 0 Å². The van der Waals surface area contributed by atoms with E-state index in [1.807, 2.05) is 39.0 Å². The zero-order valence-electron chi connectivity index (χ0n) is 9.21. The van der Waals surface area contributed by atoms with Crippen molar-refractivity contribution >= 4 is 17.6 Å². The number of halogens is 1. The molecule has 0 radical (unpaired) electrons. The maximum Gasteiger partial charge on any atom is 0.310 e. The van der Waals surface area contributed by atoms with Crippen molar-refractivity contribution in [3.63, 3.8) is 0 Å². The summed E-state index contributed by atoms with van der Waals surface area (Å²) in [7, 11) is 0. The lowest BCUT2D eigenvalue weighted by Gasteiger charge is -2.19. The van der Waals surface area contributed by atoms with Gasteiger partial charge in [-0.2, -0.15) is 0 Å². The number of carbonyl (C=O) groups is 1. The van der Waals surface area contributed by atoms with Crippen LogP contribution >= 0.6 is 11.6 Å². The molecule has 0 aromatic heterocycles. The fourth-order valence-electron chi connectivity index (χ4n) is 1.17. The van der Waals surface area contributed by atoms with Crippen LogP contribution in [-0.4, -0.2) is 11.6 Å². The van der Waals surface area contributed by atoms with Gasteiger partial charge in [0.15, 0.2) is 0 Å². The van der Waals surface area contributed by atoms with Gasteiger partial charge in [0.1, 0.15) is 5.60 Å². The summed E-state index contributed by atoms with van der Waals surface area (Å²) in [5, 5.41) is 0.600. The lowest BCUT2D eigenvalue weighted by molar-refractivity contribution is -0.153. The topological polar surface area (TPSA) is 26.3 Å². The summed E-state index contributed by atoms with van der Waals surface area (Å²) in [6.45, 7) is 5.53. The van der Waals surface area contributed by atoms with E-state index >= 15 is 0 Å². The quantitative estimate of drug-likeness (QED) is 0.724. The minimum absolute atomic E-state index is 0.219. The van der Waals surface area contributed by atoms with Gasteiger partial charge in [-0.15, -0.1) is 0 Å². The van der Waals surface area contributed by atoms with Crippen LogP contribution in [0.5, 0.6) is 0 Å². The predicted octanol–water partition coefficient (Wildman–Crippen LogP) is 3.22. The summed E-state index contributed by atoms with van der Waals surface area (Å²) in [5.74, 6) is -0.254. The Labute approximate surface area is 95.2 Å². The fraction of sp³-hybridized carbons (Fsp3) is 0.417. The largest absolute Gasteiger partial charge is 0.460 e. The minimum Gasteiger partial charge on any atom is -0.460 e. The Morgan fingerprint density at radius 3 is 2.47 bits per heavy atom. The van der Waals surface area contributed by atoms with Crippen LogP contribution in [0, 0.1) is 0 Å². The molecule has 0 spiro atoms. The van der Waals surface area contributed by atoms with Crippen molar-refractivity contribution < 1.29 is 9.53 Å². The number of ether oxygens (including phenoxy) is 1. The molecule has 3 heteroatoms. The Hall–Kier alpha value is -1.02. The molecule has 0 aliphatic rings. The average molecular weight is 227 g/mol. The maximum absolute atomic E-state index is 11.5. The van der Waals surface area contributed by atoms with Crippen molar-refractivity contribution in [2.45, 2.75) is 32.8 Å². The molecule has 15 heavy (non-hydrogen) atoms. The van der Waals surface area contributed by atoms with Crippen molar-refractivity contribution in [1.82, 2.24) is 0 Å². The van der Waals surface area contributed by atoms with Crippen LogP contribution in [0.3, 0.4) is 0 Å². The van der Waals surface area contributed by atoms with E-state index in [9.17, 15) is 4.79 Å². The third kappa shape index (κ3) is 4.34. The van der Waals surface area contributed by atoms with Crippen LogP contribution in [0.4, 0.5) is 0 Å². The number of rotatable bonds is 2. The molecule has 0 N–H and O–H groups in total. The fourth-order valence-corrected chi connectivity index (χ4v) is 1.38. The van der Waals surface area contributed by atoms with E-state index in [-0.39, 0.29) is 12.4 Å². The third-order valence-corrected chi connectivity index (χ3v) is 2.08. The lowest BCUT2D eigenvalue weighted by atomic mass is 10.1. The van der Waals surface area contributed by atoms with E-state index in [2.05, 4.69) is 0 Å². The van der Waals surface area contributed by atoms with Gasteiger partial charge in [0.05, 0.1) is 6.42 Å². The summed E-state index contributed by atoms with van der Waals surface area (Å²) in [6.07, 6.45) is 0.219. The van der Waals surface area contributed by atoms with Crippen LogP contribution in [0.1, 0.15) is 26.3 Å². The Balaban J connectivity index is 2.64. The third-order valence-electron chi connectivity index (χ3n) is 1.71. The molecule has 0 amide bonds. The van der Waals surface area contributed by atoms with Crippen LogP contribution in [0.2, 0.25) is 5.02 Å². The molecular formula is C12H15ClO2. The Bertz CT molecular complexity index is 353. The summed E-state index contributed by atoms with van der Waals surface area (Å²) < 4.78 is 5.20. The molecule has 0 aliphatic carbocycles. The number of benzene rings is 1. The molecule has 0 atom stereocenters. The van der Waals surface area contributed by atoms with Gasteiger partial charge in [0.25, 0.3) is 0 Å². The molecule has 82 valence electrons. The first-order valence-corrected chi connectivity index (χ1v) is 5.21. The molecule has 0 unspecified atom stereocenters. The summed E-state index contributed by atoms with van der Waals surface area (Å²) in [4.78, 5) is 11.5. The van der Waals surface area contributed by atoms with E-state index in [1.165, 1.54) is 0 Å². The van der Waals surface area contributed by atoms with E-state index in [1.54, 1.807) is 6.07 Å². The highest BCUT2D eigenvalue weighted by molar-refractivity contribution is 6.31. The van der Waals surface area contributed by atoms with Crippen LogP contribution < -0.4 is 0 Å². The van der Waals surface area contributed by atoms with E-state index < -0.39 is 5.60 Å². The van der Waals surface area contributed by atoms with E-state index in [4.69, 9.17) is 16.3 Å². The predicted molar refractivity (Wildman–Crippen MR) is 61.0 cm³/mol. The van der Waals surface area contributed by atoms with Gasteiger partial charge in [0, 0.05) is 5.02 Å². The maximum atomic E-state index is 11.5. The van der Waals surface area contributed by atoms with Crippen molar-refractivity contribution in [1.29, 1.82) is 0 Å². The first kappa shape index (κ1) is 12.1. The van der Waals surface area contributed by atoms with Crippen LogP contribution in [0.15, 0.2) is 24.3 Å². The van der Waals surface area contributed by atoms with Gasteiger partial charge >= 0.3 is 5.97 Å². The summed E-state index contributed by atoms with van der Waals surface area (Å²) >= 11 is 5.93. The Kier molecular flexibility index (Phi) is 3.75. The van der Waals surface area contributed by atoms with Crippen LogP contribution in [0.25, 0.3) is 0 Å². The summed E-state index contributed by atoms with van der Waals surface area (Å²) in [6, 6.07) is 7.28. The highest BCUT2D eigenvalue weighted by atomic mass is 35.5. The lowest BCUT2D eigenvalue weighted by Crippen LogP contribution is -2.24. The van der Waals surface area contributed by atoms with Gasteiger partial charge in [0.2, 0.25) is 0 Å². The second-order valence-electron chi connectivity index (χ2n) is 4.35. The normalized spacial score (nSPS) is 11.2. The number of hydrogen-bond acceptors (Lipinski definition) is 2. The average Bonchev–Trinajstić information content (AvgIpc) is 2.05. The van der Waals surface area contributed by atoms with Gasteiger partial charge < -0.3 is 4.74 Å². The first-order chi connectivity index (χ1) is 6.88. The van der Waals surface area contributed by atoms with Gasteiger partial charge in [-0.25, -0.2) is 0 Å². The van der Waals surface area contributed by atoms with Gasteiger partial charge in [-0.05, 0) is 32.4 Å². The van der Waals surface area contributed by atoms with E-state index in [0.717, 1.165) is 5.56 Å². The molecule has 0 bridgehead atoms. The second-order valence-corrected chi connectivity index (χ2v) is 4.76. The van der Waals surface area contributed by atoms with Crippen LogP contribution in [-0.2, 0) is 16.0 Å². The highest BCUT2D eigenvalue weighted by Crippen LogP contribution is 2.17. The number of carbonyl (C=O) groups excluding carboxylic acids is 1. The smallest absolute Gasteiger partial charge is 0.310 e. The van der Waals surface area contributed by atoms with Crippen molar-refractivity contribution in [2.24, 2.45) is 0 Å². The monoisotopic (exact) mass is 226 g/mol. The molecule has 0 heterocycles. The molecule has 1 rings (SSSR count). The molecule has 0 fully saturated rings. The highest BCUT2D eigenvalue weighted by Gasteiger charge is 2.17. The number of esters is 1. The second kappa shape index (κ2) is 4.67. The SMILES string of the molecule is CC(C)(C)OC(=O)Cc1ccccc1Cl. The molecule has 0 saturated heterocycles. The Morgan fingerprint density at radius 2 is 1.93 bits per heavy atom. The van der Waals surface area contributed by atoms with Crippen molar-refractivity contribution in [3.8, 4) is 0 Å². The molecule has 1 aromatic rings. The zero-order chi connectivity index (χ0) is 11.5. The molecule has 0 aliphatic heterocycles. The van der Waals surface area contributed by atoms with Gasteiger partial charge in [-0.3, -0.25) is 4.79 Å².